The van der Waals surface area contributed by atoms with Crippen molar-refractivity contribution in [1.29, 1.82) is 0 Å². The summed E-state index contributed by atoms with van der Waals surface area (Å²) in [6.07, 6.45) is 0.428. The minimum Gasteiger partial charge on any atom is -0.480 e. The summed E-state index contributed by atoms with van der Waals surface area (Å²) in [4.78, 5) is 11.6. The van der Waals surface area contributed by atoms with Crippen LogP contribution < -0.4 is 5.32 Å². The van der Waals surface area contributed by atoms with Crippen LogP contribution in [0.2, 0.25) is 0 Å². The van der Waals surface area contributed by atoms with E-state index in [1.165, 1.54) is 17.8 Å². The van der Waals surface area contributed by atoms with Gasteiger partial charge in [-0.3, -0.25) is 4.79 Å². The van der Waals surface area contributed by atoms with Gasteiger partial charge in [0.1, 0.15) is 11.4 Å². The highest BCUT2D eigenvalue weighted by molar-refractivity contribution is 7.99. The smallest absolute Gasteiger partial charge is 0.323 e. The Morgan fingerprint density at radius 2 is 2.18 bits per heavy atom. The van der Waals surface area contributed by atoms with Gasteiger partial charge in [-0.15, -0.1) is 11.8 Å². The summed E-state index contributed by atoms with van der Waals surface area (Å²) in [5.74, 6) is -0.613. The zero-order valence-electron chi connectivity index (χ0n) is 9.87. The van der Waals surface area contributed by atoms with Gasteiger partial charge in [-0.25, -0.2) is 4.39 Å². The maximum absolute atomic E-state index is 13.3. The monoisotopic (exact) mass is 257 g/mol. The zero-order chi connectivity index (χ0) is 12.9. The molecule has 1 aromatic rings. The molecule has 0 aliphatic rings. The van der Waals surface area contributed by atoms with Crippen molar-refractivity contribution in [2.45, 2.75) is 23.8 Å². The molecule has 0 saturated heterocycles. The summed E-state index contributed by atoms with van der Waals surface area (Å²) < 4.78 is 13.3. The maximum Gasteiger partial charge on any atom is 0.323 e. The number of likely N-dealkylation sites (N-methyl/N-ethyl adjacent to an activating group) is 1. The zero-order valence-corrected chi connectivity index (χ0v) is 10.7. The number of hydrogen-bond acceptors (Lipinski definition) is 3. The highest BCUT2D eigenvalue weighted by Gasteiger charge is 2.30. The summed E-state index contributed by atoms with van der Waals surface area (Å²) in [6, 6.07) is 6.49. The average molecular weight is 257 g/mol. The highest BCUT2D eigenvalue weighted by atomic mass is 32.2. The lowest BCUT2D eigenvalue weighted by atomic mass is 10.00. The lowest BCUT2D eigenvalue weighted by molar-refractivity contribution is -0.144. The van der Waals surface area contributed by atoms with E-state index in [1.807, 2.05) is 0 Å². The summed E-state index contributed by atoms with van der Waals surface area (Å²) in [5.41, 5.74) is -0.960. The molecule has 1 unspecified atom stereocenters. The van der Waals surface area contributed by atoms with E-state index in [0.29, 0.717) is 17.1 Å². The Hall–Kier alpha value is -1.07. The molecule has 2 N–H and O–H groups in total. The molecule has 0 aliphatic carbocycles. The van der Waals surface area contributed by atoms with Gasteiger partial charge in [0.25, 0.3) is 0 Å². The van der Waals surface area contributed by atoms with E-state index in [4.69, 9.17) is 5.11 Å². The van der Waals surface area contributed by atoms with Crippen molar-refractivity contribution in [3.05, 3.63) is 30.1 Å². The largest absolute Gasteiger partial charge is 0.480 e. The first-order valence-electron chi connectivity index (χ1n) is 5.29. The summed E-state index contributed by atoms with van der Waals surface area (Å²) in [7, 11) is 1.61. The van der Waals surface area contributed by atoms with Crippen molar-refractivity contribution >= 4 is 17.7 Å². The van der Waals surface area contributed by atoms with E-state index in [2.05, 4.69) is 5.32 Å². The molecule has 94 valence electrons. The van der Waals surface area contributed by atoms with Crippen molar-refractivity contribution in [3.63, 3.8) is 0 Å². The number of nitrogens with one attached hydrogen (secondary N) is 1. The number of aliphatic carboxylic acids is 1. The second-order valence-corrected chi connectivity index (χ2v) is 5.05. The fraction of sp³-hybridized carbons (Fsp3) is 0.417. The van der Waals surface area contributed by atoms with Gasteiger partial charge in [-0.2, -0.15) is 0 Å². The lowest BCUT2D eigenvalue weighted by Crippen LogP contribution is -2.47. The third-order valence-corrected chi connectivity index (χ3v) is 3.77. The first kappa shape index (κ1) is 14.0. The second-order valence-electron chi connectivity index (χ2n) is 3.92. The quantitative estimate of drug-likeness (QED) is 0.768. The van der Waals surface area contributed by atoms with Crippen molar-refractivity contribution in [2.75, 3.05) is 12.8 Å². The first-order valence-corrected chi connectivity index (χ1v) is 6.28. The van der Waals surface area contributed by atoms with Crippen LogP contribution in [-0.4, -0.2) is 29.4 Å². The number of thioether (sulfide) groups is 1. The minimum atomic E-state index is -0.960. The molecule has 0 bridgehead atoms. The molecule has 3 nitrogen and oxygen atoms in total. The molecule has 1 rings (SSSR count). The Balaban J connectivity index is 2.53. The van der Waals surface area contributed by atoms with Crippen LogP contribution in [0.3, 0.4) is 0 Å². The number of rotatable bonds is 6. The van der Waals surface area contributed by atoms with E-state index in [9.17, 15) is 9.18 Å². The molecule has 5 heteroatoms. The van der Waals surface area contributed by atoms with Crippen LogP contribution in [0.4, 0.5) is 4.39 Å². The van der Waals surface area contributed by atoms with Crippen LogP contribution in [-0.2, 0) is 4.79 Å². The van der Waals surface area contributed by atoms with Gasteiger partial charge in [0.05, 0.1) is 0 Å². The predicted octanol–water partition coefficient (Wildman–Crippen LogP) is 2.37. The van der Waals surface area contributed by atoms with Crippen LogP contribution in [0.5, 0.6) is 0 Å². The topological polar surface area (TPSA) is 49.3 Å². The first-order chi connectivity index (χ1) is 7.99. The Kier molecular flexibility index (Phi) is 4.96. The number of carboxylic acid groups (broad SMARTS) is 1. The lowest BCUT2D eigenvalue weighted by Gasteiger charge is -2.23. The molecule has 0 aromatic heterocycles. The van der Waals surface area contributed by atoms with Gasteiger partial charge in [-0.05, 0) is 32.5 Å². The average Bonchev–Trinajstić information content (AvgIpc) is 2.31. The van der Waals surface area contributed by atoms with E-state index in [-0.39, 0.29) is 5.82 Å². The van der Waals surface area contributed by atoms with Gasteiger partial charge < -0.3 is 10.4 Å². The van der Waals surface area contributed by atoms with Crippen LogP contribution in [0, 0.1) is 5.82 Å². The molecule has 1 atom stereocenters. The van der Waals surface area contributed by atoms with Crippen molar-refractivity contribution < 1.29 is 14.3 Å². The van der Waals surface area contributed by atoms with Crippen LogP contribution in [0.25, 0.3) is 0 Å². The highest BCUT2D eigenvalue weighted by Crippen LogP contribution is 2.24. The maximum atomic E-state index is 13.3. The molecule has 0 heterocycles. The Morgan fingerprint density at radius 1 is 1.53 bits per heavy atom. The van der Waals surface area contributed by atoms with Gasteiger partial charge in [0.15, 0.2) is 0 Å². The van der Waals surface area contributed by atoms with E-state index in [1.54, 1.807) is 32.2 Å². The Labute approximate surface area is 104 Å². The fourth-order valence-electron chi connectivity index (χ4n) is 1.27. The standard InChI is InChI=1S/C12H16FNO2S/c1-12(14-2,11(15)16)7-8-17-10-6-4-3-5-9(10)13/h3-6,14H,7-8H2,1-2H3,(H,15,16). The van der Waals surface area contributed by atoms with E-state index >= 15 is 0 Å². The number of hydrogen-bond donors (Lipinski definition) is 2. The summed E-state index contributed by atoms with van der Waals surface area (Å²) >= 11 is 1.33. The number of halogens is 1. The fourth-order valence-corrected chi connectivity index (χ4v) is 2.38. The number of carbonyl (C=O) groups is 1. The van der Waals surface area contributed by atoms with Crippen molar-refractivity contribution in [2.24, 2.45) is 0 Å². The molecular weight excluding hydrogens is 241 g/mol. The van der Waals surface area contributed by atoms with Gasteiger partial charge >= 0.3 is 5.97 Å². The van der Waals surface area contributed by atoms with Crippen LogP contribution in [0.1, 0.15) is 13.3 Å². The third-order valence-electron chi connectivity index (χ3n) is 2.72. The molecule has 0 aliphatic heterocycles. The number of benzene rings is 1. The summed E-state index contributed by atoms with van der Waals surface area (Å²) in [5, 5.41) is 11.8. The Bertz CT molecular complexity index is 400. The molecule has 17 heavy (non-hydrogen) atoms. The third kappa shape index (κ3) is 3.71. The minimum absolute atomic E-state index is 0.265. The van der Waals surface area contributed by atoms with Crippen LogP contribution in [0.15, 0.2) is 29.2 Å². The number of carboxylic acids is 1. The molecule has 1 aromatic carbocycles. The molecule has 0 spiro atoms. The van der Waals surface area contributed by atoms with Crippen molar-refractivity contribution in [1.82, 2.24) is 5.32 Å². The molecular formula is C12H16FNO2S. The van der Waals surface area contributed by atoms with Crippen LogP contribution >= 0.6 is 11.8 Å². The predicted molar refractivity (Wildman–Crippen MR) is 66.8 cm³/mol. The SMILES string of the molecule is CNC(C)(CCSc1ccccc1F)C(=O)O. The Morgan fingerprint density at radius 3 is 2.71 bits per heavy atom. The van der Waals surface area contributed by atoms with E-state index < -0.39 is 11.5 Å². The summed E-state index contributed by atoms with van der Waals surface area (Å²) in [6.45, 7) is 1.62. The van der Waals surface area contributed by atoms with Crippen molar-refractivity contribution in [3.8, 4) is 0 Å². The normalized spacial score (nSPS) is 14.3. The molecule has 0 saturated carbocycles. The molecule has 0 amide bonds. The molecule has 0 radical (unpaired) electrons. The van der Waals surface area contributed by atoms with Gasteiger partial charge in [0, 0.05) is 10.6 Å². The van der Waals surface area contributed by atoms with Gasteiger partial charge in [-0.1, -0.05) is 12.1 Å². The van der Waals surface area contributed by atoms with Gasteiger partial charge in [0.2, 0.25) is 0 Å². The molecule has 0 fully saturated rings. The van der Waals surface area contributed by atoms with E-state index in [0.717, 1.165) is 0 Å². The second kappa shape index (κ2) is 6.02.